The molecule has 0 atom stereocenters. The van der Waals surface area contributed by atoms with Gasteiger partial charge in [-0.15, -0.1) is 0 Å². The number of carbonyl (C=O) groups excluding carboxylic acids is 1. The van der Waals surface area contributed by atoms with Crippen molar-refractivity contribution in [1.82, 2.24) is 4.90 Å². The minimum Gasteiger partial charge on any atom is -0.298 e. The molecule has 3 heteroatoms. The van der Waals surface area contributed by atoms with E-state index in [2.05, 4.69) is 16.8 Å². The minimum absolute atomic E-state index is 0.304. The number of thiophene rings is 1. The van der Waals surface area contributed by atoms with Crippen LogP contribution in [-0.4, -0.2) is 30.3 Å². The van der Waals surface area contributed by atoms with Crippen molar-refractivity contribution >= 4 is 17.1 Å². The van der Waals surface area contributed by atoms with E-state index in [1.54, 1.807) is 11.3 Å². The normalized spacial score (nSPS) is 12.1. The molecule has 0 bridgehead atoms. The molecule has 15 heavy (non-hydrogen) atoms. The number of carbonyl (C=O) groups is 1. The predicted molar refractivity (Wildman–Crippen MR) is 65.4 cm³/mol. The molecule has 0 spiro atoms. The molecule has 0 aliphatic heterocycles. The molecular weight excluding hydrogens is 206 g/mol. The topological polar surface area (TPSA) is 20.3 Å². The quantitative estimate of drug-likeness (QED) is 0.767. The van der Waals surface area contributed by atoms with Gasteiger partial charge >= 0.3 is 0 Å². The first kappa shape index (κ1) is 12.4. The molecule has 1 aromatic rings. The molecule has 0 aromatic carbocycles. The number of nitrogens with zero attached hydrogens (tertiary/aromatic N) is 1. The van der Waals surface area contributed by atoms with Crippen molar-refractivity contribution in [3.63, 3.8) is 0 Å². The number of aryl methyl sites for hydroxylation is 1. The van der Waals surface area contributed by atoms with Gasteiger partial charge in [-0.1, -0.05) is 0 Å². The highest BCUT2D eigenvalue weighted by molar-refractivity contribution is 7.07. The number of Topliss-reactive ketones (excluding diaryl/α,β-unsaturated/α-hetero) is 1. The van der Waals surface area contributed by atoms with Gasteiger partial charge in [-0.05, 0) is 56.8 Å². The Labute approximate surface area is 95.9 Å². The Morgan fingerprint density at radius 2 is 2.13 bits per heavy atom. The first-order chi connectivity index (χ1) is 6.94. The van der Waals surface area contributed by atoms with E-state index in [1.165, 1.54) is 5.56 Å². The lowest BCUT2D eigenvalue weighted by atomic mass is 9.93. The van der Waals surface area contributed by atoms with Crippen LogP contribution in [0.25, 0.3) is 0 Å². The predicted octanol–water partition coefficient (Wildman–Crippen LogP) is 2.59. The highest BCUT2D eigenvalue weighted by atomic mass is 32.1. The van der Waals surface area contributed by atoms with E-state index in [1.807, 2.05) is 32.8 Å². The maximum absolute atomic E-state index is 12.0. The van der Waals surface area contributed by atoms with E-state index >= 15 is 0 Å². The molecule has 0 radical (unpaired) electrons. The third-order valence-electron chi connectivity index (χ3n) is 3.02. The first-order valence-electron chi connectivity index (χ1n) is 5.16. The fourth-order valence-corrected chi connectivity index (χ4v) is 1.95. The fraction of sp³-hybridized carbons (Fsp3) is 0.583. The highest BCUT2D eigenvalue weighted by Crippen LogP contribution is 2.16. The van der Waals surface area contributed by atoms with Gasteiger partial charge in [0.05, 0.1) is 5.54 Å². The second-order valence-corrected chi connectivity index (χ2v) is 5.29. The molecule has 0 unspecified atom stereocenters. The highest BCUT2D eigenvalue weighted by Gasteiger charge is 2.28. The summed E-state index contributed by atoms with van der Waals surface area (Å²) in [6, 6.07) is 2.08. The van der Waals surface area contributed by atoms with Crippen LogP contribution >= 0.6 is 11.3 Å². The fourth-order valence-electron chi connectivity index (χ4n) is 1.25. The van der Waals surface area contributed by atoms with E-state index in [0.29, 0.717) is 12.2 Å². The SMILES string of the molecule is CN(C)C(C)(C)C(=O)CCc1ccsc1. The lowest BCUT2D eigenvalue weighted by Crippen LogP contribution is -2.45. The molecule has 1 rings (SSSR count). The summed E-state index contributed by atoms with van der Waals surface area (Å²) >= 11 is 1.68. The summed E-state index contributed by atoms with van der Waals surface area (Å²) in [5.41, 5.74) is 0.915. The van der Waals surface area contributed by atoms with Crippen LogP contribution < -0.4 is 0 Å². The molecule has 0 amide bonds. The van der Waals surface area contributed by atoms with Gasteiger partial charge in [0.15, 0.2) is 5.78 Å². The van der Waals surface area contributed by atoms with Gasteiger partial charge in [0, 0.05) is 6.42 Å². The Morgan fingerprint density at radius 3 is 2.60 bits per heavy atom. The van der Waals surface area contributed by atoms with Gasteiger partial charge < -0.3 is 0 Å². The Bertz CT molecular complexity index is 314. The molecule has 0 N–H and O–H groups in total. The number of likely N-dealkylation sites (N-methyl/N-ethyl adjacent to an activating group) is 1. The first-order valence-corrected chi connectivity index (χ1v) is 6.10. The largest absolute Gasteiger partial charge is 0.298 e. The van der Waals surface area contributed by atoms with Gasteiger partial charge in [0.1, 0.15) is 0 Å². The van der Waals surface area contributed by atoms with Crippen LogP contribution in [0, 0.1) is 0 Å². The summed E-state index contributed by atoms with van der Waals surface area (Å²) in [4.78, 5) is 13.9. The average molecular weight is 225 g/mol. The second kappa shape index (κ2) is 4.90. The Hall–Kier alpha value is -0.670. The summed E-state index contributed by atoms with van der Waals surface area (Å²) < 4.78 is 0. The van der Waals surface area contributed by atoms with Gasteiger partial charge in [0.2, 0.25) is 0 Å². The van der Waals surface area contributed by atoms with Crippen molar-refractivity contribution in [3.05, 3.63) is 22.4 Å². The van der Waals surface area contributed by atoms with Crippen LogP contribution in [0.2, 0.25) is 0 Å². The summed E-state index contributed by atoms with van der Waals surface area (Å²) in [6.45, 7) is 3.95. The van der Waals surface area contributed by atoms with Gasteiger partial charge in [-0.2, -0.15) is 11.3 Å². The lowest BCUT2D eigenvalue weighted by Gasteiger charge is -2.30. The van der Waals surface area contributed by atoms with Crippen LogP contribution in [-0.2, 0) is 11.2 Å². The third kappa shape index (κ3) is 3.14. The van der Waals surface area contributed by atoms with Crippen LogP contribution in [0.1, 0.15) is 25.8 Å². The van der Waals surface area contributed by atoms with E-state index in [0.717, 1.165) is 6.42 Å². The molecule has 0 saturated carbocycles. The zero-order valence-electron chi connectivity index (χ0n) is 9.91. The van der Waals surface area contributed by atoms with E-state index in [4.69, 9.17) is 0 Å². The molecule has 2 nitrogen and oxygen atoms in total. The molecule has 84 valence electrons. The molecule has 1 heterocycles. The summed E-state index contributed by atoms with van der Waals surface area (Å²) in [7, 11) is 3.89. The summed E-state index contributed by atoms with van der Waals surface area (Å²) in [5, 5.41) is 4.16. The van der Waals surface area contributed by atoms with Gasteiger partial charge in [-0.25, -0.2) is 0 Å². The van der Waals surface area contributed by atoms with Crippen molar-refractivity contribution in [2.24, 2.45) is 0 Å². The van der Waals surface area contributed by atoms with Crippen LogP contribution in [0.3, 0.4) is 0 Å². The Morgan fingerprint density at radius 1 is 1.47 bits per heavy atom. The van der Waals surface area contributed by atoms with Crippen molar-refractivity contribution in [1.29, 1.82) is 0 Å². The minimum atomic E-state index is -0.351. The zero-order valence-corrected chi connectivity index (χ0v) is 10.7. The average Bonchev–Trinajstić information content (AvgIpc) is 2.66. The van der Waals surface area contributed by atoms with Crippen LogP contribution in [0.4, 0.5) is 0 Å². The third-order valence-corrected chi connectivity index (χ3v) is 3.75. The van der Waals surface area contributed by atoms with Crippen molar-refractivity contribution in [3.8, 4) is 0 Å². The lowest BCUT2D eigenvalue weighted by molar-refractivity contribution is -0.127. The van der Waals surface area contributed by atoms with E-state index < -0.39 is 0 Å². The summed E-state index contributed by atoms with van der Waals surface area (Å²) in [5.74, 6) is 0.304. The van der Waals surface area contributed by atoms with Crippen molar-refractivity contribution in [2.45, 2.75) is 32.2 Å². The van der Waals surface area contributed by atoms with Crippen LogP contribution in [0.5, 0.6) is 0 Å². The van der Waals surface area contributed by atoms with E-state index in [9.17, 15) is 4.79 Å². The zero-order chi connectivity index (χ0) is 11.5. The number of hydrogen-bond donors (Lipinski definition) is 0. The summed E-state index contributed by atoms with van der Waals surface area (Å²) in [6.07, 6.45) is 1.49. The van der Waals surface area contributed by atoms with Crippen molar-refractivity contribution in [2.75, 3.05) is 14.1 Å². The Balaban J connectivity index is 2.49. The number of ketones is 1. The molecule has 0 saturated heterocycles. The molecule has 0 aliphatic rings. The number of hydrogen-bond acceptors (Lipinski definition) is 3. The van der Waals surface area contributed by atoms with E-state index in [-0.39, 0.29) is 5.54 Å². The molecule has 1 aromatic heterocycles. The monoisotopic (exact) mass is 225 g/mol. The van der Waals surface area contributed by atoms with Gasteiger partial charge in [-0.3, -0.25) is 9.69 Å². The smallest absolute Gasteiger partial charge is 0.152 e. The van der Waals surface area contributed by atoms with Crippen molar-refractivity contribution < 1.29 is 4.79 Å². The maximum Gasteiger partial charge on any atom is 0.152 e. The maximum atomic E-state index is 12.0. The molecule has 0 fully saturated rings. The van der Waals surface area contributed by atoms with Gasteiger partial charge in [0.25, 0.3) is 0 Å². The molecule has 0 aliphatic carbocycles. The Kier molecular flexibility index (Phi) is 4.05. The van der Waals surface area contributed by atoms with Crippen LogP contribution in [0.15, 0.2) is 16.8 Å². The molecular formula is C12H19NOS. The standard InChI is InChI=1S/C12H19NOS/c1-12(2,13(3)4)11(14)6-5-10-7-8-15-9-10/h7-9H,5-6H2,1-4H3. The second-order valence-electron chi connectivity index (χ2n) is 4.51. The number of rotatable bonds is 5.